The number of likely N-dealkylation sites (tertiary alicyclic amines) is 1. The van der Waals surface area contributed by atoms with Gasteiger partial charge in [-0.2, -0.15) is 0 Å². The van der Waals surface area contributed by atoms with E-state index in [1.54, 1.807) is 0 Å². The van der Waals surface area contributed by atoms with Crippen molar-refractivity contribution < 1.29 is 4.79 Å². The molecule has 0 saturated carbocycles. The van der Waals surface area contributed by atoms with Crippen molar-refractivity contribution in [1.82, 2.24) is 15.5 Å². The summed E-state index contributed by atoms with van der Waals surface area (Å²) in [6.45, 7) is 6.00. The van der Waals surface area contributed by atoms with E-state index in [4.69, 9.17) is 0 Å². The van der Waals surface area contributed by atoms with Crippen LogP contribution in [0.15, 0.2) is 24.3 Å². The van der Waals surface area contributed by atoms with Crippen molar-refractivity contribution in [3.05, 3.63) is 35.4 Å². The van der Waals surface area contributed by atoms with E-state index >= 15 is 0 Å². The van der Waals surface area contributed by atoms with Gasteiger partial charge in [0.25, 0.3) is 5.91 Å². The molecule has 1 aromatic carbocycles. The molecule has 20 heavy (non-hydrogen) atoms. The molecule has 0 aromatic heterocycles. The number of hydrogen-bond donors (Lipinski definition) is 2. The van der Waals surface area contributed by atoms with Crippen LogP contribution in [0, 0.1) is 0 Å². The summed E-state index contributed by atoms with van der Waals surface area (Å²) >= 11 is 0. The summed E-state index contributed by atoms with van der Waals surface area (Å²) in [6.07, 6.45) is 2.59. The molecule has 1 saturated heterocycles. The minimum Gasteiger partial charge on any atom is -0.350 e. The average molecular weight is 275 g/mol. The van der Waals surface area contributed by atoms with Crippen LogP contribution in [0.1, 0.15) is 35.7 Å². The SMILES string of the molecule is CNC(C)CNC(=O)c1cccc(CN2CCCC2)c1. The zero-order valence-corrected chi connectivity index (χ0v) is 12.5. The molecule has 1 aromatic rings. The highest BCUT2D eigenvalue weighted by atomic mass is 16.1. The van der Waals surface area contributed by atoms with Crippen LogP contribution in [-0.2, 0) is 6.54 Å². The van der Waals surface area contributed by atoms with Crippen molar-refractivity contribution in [1.29, 1.82) is 0 Å². The van der Waals surface area contributed by atoms with Gasteiger partial charge in [-0.15, -0.1) is 0 Å². The van der Waals surface area contributed by atoms with Gasteiger partial charge in [0.15, 0.2) is 0 Å². The van der Waals surface area contributed by atoms with E-state index in [1.807, 2.05) is 32.2 Å². The Morgan fingerprint density at radius 1 is 1.35 bits per heavy atom. The topological polar surface area (TPSA) is 44.4 Å². The largest absolute Gasteiger partial charge is 0.350 e. The number of likely N-dealkylation sites (N-methyl/N-ethyl adjacent to an activating group) is 1. The van der Waals surface area contributed by atoms with Crippen molar-refractivity contribution in [2.24, 2.45) is 0 Å². The fourth-order valence-corrected chi connectivity index (χ4v) is 2.46. The lowest BCUT2D eigenvalue weighted by Crippen LogP contribution is -2.37. The van der Waals surface area contributed by atoms with Gasteiger partial charge in [-0.25, -0.2) is 0 Å². The number of nitrogens with zero attached hydrogens (tertiary/aromatic N) is 1. The van der Waals surface area contributed by atoms with Crippen LogP contribution in [-0.4, -0.2) is 43.5 Å². The maximum atomic E-state index is 12.1. The second kappa shape index (κ2) is 7.41. The van der Waals surface area contributed by atoms with Gasteiger partial charge < -0.3 is 10.6 Å². The normalized spacial score (nSPS) is 17.1. The summed E-state index contributed by atoms with van der Waals surface area (Å²) in [7, 11) is 1.90. The van der Waals surface area contributed by atoms with Crippen molar-refractivity contribution in [2.45, 2.75) is 32.4 Å². The van der Waals surface area contributed by atoms with Gasteiger partial charge in [0.2, 0.25) is 0 Å². The second-order valence-electron chi connectivity index (χ2n) is 5.58. The van der Waals surface area contributed by atoms with Gasteiger partial charge in [0.1, 0.15) is 0 Å². The Kier molecular flexibility index (Phi) is 5.56. The number of hydrogen-bond acceptors (Lipinski definition) is 3. The van der Waals surface area contributed by atoms with Crippen LogP contribution in [0.3, 0.4) is 0 Å². The first-order chi connectivity index (χ1) is 9.69. The highest BCUT2D eigenvalue weighted by Crippen LogP contribution is 2.13. The van der Waals surface area contributed by atoms with Gasteiger partial charge in [0, 0.05) is 24.7 Å². The Morgan fingerprint density at radius 2 is 2.10 bits per heavy atom. The predicted molar refractivity (Wildman–Crippen MR) is 81.8 cm³/mol. The highest BCUT2D eigenvalue weighted by Gasteiger charge is 2.13. The van der Waals surface area contributed by atoms with Gasteiger partial charge >= 0.3 is 0 Å². The summed E-state index contributed by atoms with van der Waals surface area (Å²) in [5.41, 5.74) is 1.98. The van der Waals surface area contributed by atoms with E-state index in [9.17, 15) is 4.79 Å². The molecule has 1 aliphatic heterocycles. The third-order valence-electron chi connectivity index (χ3n) is 3.86. The first-order valence-electron chi connectivity index (χ1n) is 7.46. The lowest BCUT2D eigenvalue weighted by molar-refractivity contribution is 0.0950. The fraction of sp³-hybridized carbons (Fsp3) is 0.562. The lowest BCUT2D eigenvalue weighted by atomic mass is 10.1. The van der Waals surface area contributed by atoms with E-state index in [-0.39, 0.29) is 11.9 Å². The standard InChI is InChI=1S/C16H25N3O/c1-13(17-2)11-18-16(20)15-7-5-6-14(10-15)12-19-8-3-4-9-19/h5-7,10,13,17H,3-4,8-9,11-12H2,1-2H3,(H,18,20). The molecule has 2 N–H and O–H groups in total. The molecule has 1 atom stereocenters. The predicted octanol–water partition coefficient (Wildman–Crippen LogP) is 1.62. The molecule has 1 fully saturated rings. The van der Waals surface area contributed by atoms with Crippen LogP contribution in [0.5, 0.6) is 0 Å². The molecule has 0 spiro atoms. The minimum absolute atomic E-state index is 0.00960. The molecule has 0 aliphatic carbocycles. The molecule has 1 aliphatic rings. The first kappa shape index (κ1) is 15.0. The van der Waals surface area contributed by atoms with Crippen molar-refractivity contribution >= 4 is 5.91 Å². The molecule has 1 amide bonds. The molecule has 4 nitrogen and oxygen atoms in total. The monoisotopic (exact) mass is 275 g/mol. The average Bonchev–Trinajstić information content (AvgIpc) is 2.97. The Labute approximate surface area is 121 Å². The Hall–Kier alpha value is -1.39. The molecule has 2 rings (SSSR count). The number of benzene rings is 1. The molecule has 0 bridgehead atoms. The molecule has 1 heterocycles. The maximum Gasteiger partial charge on any atom is 0.251 e. The number of carbonyl (C=O) groups is 1. The minimum atomic E-state index is 0.00960. The lowest BCUT2D eigenvalue weighted by Gasteiger charge is -2.15. The van der Waals surface area contributed by atoms with Crippen LogP contribution in [0.2, 0.25) is 0 Å². The Balaban J connectivity index is 1.92. The second-order valence-corrected chi connectivity index (χ2v) is 5.58. The van der Waals surface area contributed by atoms with Gasteiger partial charge in [-0.05, 0) is 57.6 Å². The number of nitrogens with one attached hydrogen (secondary N) is 2. The van der Waals surface area contributed by atoms with Crippen molar-refractivity contribution in [3.8, 4) is 0 Å². The van der Waals surface area contributed by atoms with E-state index in [1.165, 1.54) is 31.5 Å². The Morgan fingerprint density at radius 3 is 2.80 bits per heavy atom. The molecule has 4 heteroatoms. The number of rotatable bonds is 6. The van der Waals surface area contributed by atoms with Crippen LogP contribution in [0.4, 0.5) is 0 Å². The quantitative estimate of drug-likeness (QED) is 0.829. The summed E-state index contributed by atoms with van der Waals surface area (Å²) in [6, 6.07) is 8.25. The zero-order valence-electron chi connectivity index (χ0n) is 12.5. The smallest absolute Gasteiger partial charge is 0.251 e. The van der Waals surface area contributed by atoms with Crippen LogP contribution < -0.4 is 10.6 Å². The summed E-state index contributed by atoms with van der Waals surface area (Å²) < 4.78 is 0. The molecular weight excluding hydrogens is 250 g/mol. The molecule has 1 unspecified atom stereocenters. The number of amides is 1. The van der Waals surface area contributed by atoms with E-state index < -0.39 is 0 Å². The summed E-state index contributed by atoms with van der Waals surface area (Å²) in [5, 5.41) is 6.07. The van der Waals surface area contributed by atoms with E-state index in [2.05, 4.69) is 21.6 Å². The van der Waals surface area contributed by atoms with E-state index in [0.717, 1.165) is 12.1 Å². The molecule has 0 radical (unpaired) electrons. The summed E-state index contributed by atoms with van der Waals surface area (Å²) in [4.78, 5) is 14.5. The maximum absolute atomic E-state index is 12.1. The van der Waals surface area contributed by atoms with E-state index in [0.29, 0.717) is 6.54 Å². The number of carbonyl (C=O) groups excluding carboxylic acids is 1. The van der Waals surface area contributed by atoms with Gasteiger partial charge in [-0.1, -0.05) is 12.1 Å². The van der Waals surface area contributed by atoms with Crippen molar-refractivity contribution in [2.75, 3.05) is 26.7 Å². The zero-order chi connectivity index (χ0) is 14.4. The summed E-state index contributed by atoms with van der Waals surface area (Å²) in [5.74, 6) is 0.00960. The highest BCUT2D eigenvalue weighted by molar-refractivity contribution is 5.94. The third-order valence-corrected chi connectivity index (χ3v) is 3.86. The molecular formula is C16H25N3O. The van der Waals surface area contributed by atoms with Crippen LogP contribution in [0.25, 0.3) is 0 Å². The fourth-order valence-electron chi connectivity index (χ4n) is 2.46. The van der Waals surface area contributed by atoms with Crippen molar-refractivity contribution in [3.63, 3.8) is 0 Å². The Bertz CT molecular complexity index is 441. The van der Waals surface area contributed by atoms with Crippen LogP contribution >= 0.6 is 0 Å². The third kappa shape index (κ3) is 4.32. The first-order valence-corrected chi connectivity index (χ1v) is 7.46. The van der Waals surface area contributed by atoms with Gasteiger partial charge in [-0.3, -0.25) is 9.69 Å². The van der Waals surface area contributed by atoms with Gasteiger partial charge in [0.05, 0.1) is 0 Å². The molecule has 110 valence electrons.